The number of aromatic nitrogens is 4. The molecule has 0 radical (unpaired) electrons. The van der Waals surface area contributed by atoms with E-state index < -0.39 is 11.7 Å². The molecule has 0 bridgehead atoms. The molecule has 23 heavy (non-hydrogen) atoms. The van der Waals surface area contributed by atoms with Gasteiger partial charge in [-0.05, 0) is 31.5 Å². The SMILES string of the molecule is Cc1nc2ncnn2c(NCc2ccc(C(F)(F)F)cc2)c1C. The van der Waals surface area contributed by atoms with Crippen molar-refractivity contribution in [3.63, 3.8) is 0 Å². The third-order valence-electron chi connectivity index (χ3n) is 3.65. The second-order valence-corrected chi connectivity index (χ2v) is 5.19. The normalized spacial score (nSPS) is 11.9. The molecule has 5 nitrogen and oxygen atoms in total. The summed E-state index contributed by atoms with van der Waals surface area (Å²) in [5.74, 6) is 1.20. The predicted molar refractivity (Wildman–Crippen MR) is 79.0 cm³/mol. The fourth-order valence-electron chi connectivity index (χ4n) is 2.24. The van der Waals surface area contributed by atoms with Gasteiger partial charge >= 0.3 is 6.18 Å². The predicted octanol–water partition coefficient (Wildman–Crippen LogP) is 3.37. The van der Waals surface area contributed by atoms with Crippen LogP contribution in [0.25, 0.3) is 5.78 Å². The molecule has 0 aliphatic rings. The quantitative estimate of drug-likeness (QED) is 0.803. The molecule has 2 heterocycles. The molecule has 8 heteroatoms. The third-order valence-corrected chi connectivity index (χ3v) is 3.65. The number of anilines is 1. The van der Waals surface area contributed by atoms with Crippen LogP contribution in [0.1, 0.15) is 22.4 Å². The van der Waals surface area contributed by atoms with E-state index >= 15 is 0 Å². The maximum Gasteiger partial charge on any atom is 0.416 e. The molecule has 3 rings (SSSR count). The van der Waals surface area contributed by atoms with E-state index in [0.717, 1.165) is 34.8 Å². The summed E-state index contributed by atoms with van der Waals surface area (Å²) in [4.78, 5) is 8.36. The molecule has 0 saturated heterocycles. The Kier molecular flexibility index (Phi) is 3.67. The summed E-state index contributed by atoms with van der Waals surface area (Å²) in [7, 11) is 0. The summed E-state index contributed by atoms with van der Waals surface area (Å²) >= 11 is 0. The molecule has 0 aliphatic carbocycles. The van der Waals surface area contributed by atoms with Crippen molar-refractivity contribution in [2.24, 2.45) is 0 Å². The molecule has 2 aromatic heterocycles. The van der Waals surface area contributed by atoms with Crippen LogP contribution in [0.4, 0.5) is 19.0 Å². The van der Waals surface area contributed by atoms with Gasteiger partial charge in [0.2, 0.25) is 0 Å². The fraction of sp³-hybridized carbons (Fsp3) is 0.267. The van der Waals surface area contributed by atoms with Crippen LogP contribution in [-0.4, -0.2) is 19.6 Å². The van der Waals surface area contributed by atoms with Crippen molar-refractivity contribution in [2.75, 3.05) is 5.32 Å². The minimum Gasteiger partial charge on any atom is -0.366 e. The Morgan fingerprint density at radius 1 is 1.13 bits per heavy atom. The molecule has 0 spiro atoms. The van der Waals surface area contributed by atoms with E-state index in [1.54, 1.807) is 4.52 Å². The van der Waals surface area contributed by atoms with E-state index in [-0.39, 0.29) is 0 Å². The maximum absolute atomic E-state index is 12.6. The van der Waals surface area contributed by atoms with Crippen LogP contribution in [0.3, 0.4) is 0 Å². The summed E-state index contributed by atoms with van der Waals surface area (Å²) < 4.78 is 39.3. The van der Waals surface area contributed by atoms with Crippen molar-refractivity contribution < 1.29 is 13.2 Å². The highest BCUT2D eigenvalue weighted by molar-refractivity contribution is 5.52. The topological polar surface area (TPSA) is 55.1 Å². The van der Waals surface area contributed by atoms with Crippen LogP contribution in [0.15, 0.2) is 30.6 Å². The lowest BCUT2D eigenvalue weighted by Gasteiger charge is -2.13. The Balaban J connectivity index is 1.84. The van der Waals surface area contributed by atoms with E-state index in [1.807, 2.05) is 13.8 Å². The monoisotopic (exact) mass is 321 g/mol. The Morgan fingerprint density at radius 3 is 2.48 bits per heavy atom. The first-order valence-electron chi connectivity index (χ1n) is 6.93. The zero-order valence-corrected chi connectivity index (χ0v) is 12.5. The minimum absolute atomic E-state index is 0.372. The van der Waals surface area contributed by atoms with Crippen LogP contribution in [0.5, 0.6) is 0 Å². The van der Waals surface area contributed by atoms with Gasteiger partial charge in [0.25, 0.3) is 5.78 Å². The number of benzene rings is 1. The molecular formula is C15H14F3N5. The Morgan fingerprint density at radius 2 is 1.83 bits per heavy atom. The standard InChI is InChI=1S/C15H14F3N5/c1-9-10(2)22-14-20-8-21-23(14)13(9)19-7-11-3-5-12(6-4-11)15(16,17)18/h3-6,8,19H,7H2,1-2H3. The number of halogens is 3. The number of nitrogens with zero attached hydrogens (tertiary/aromatic N) is 4. The van der Waals surface area contributed by atoms with Crippen molar-refractivity contribution in [3.05, 3.63) is 53.0 Å². The van der Waals surface area contributed by atoms with Gasteiger partial charge in [-0.2, -0.15) is 27.8 Å². The van der Waals surface area contributed by atoms with Crippen LogP contribution in [0, 0.1) is 13.8 Å². The fourth-order valence-corrected chi connectivity index (χ4v) is 2.24. The van der Waals surface area contributed by atoms with Gasteiger partial charge in [-0.1, -0.05) is 12.1 Å². The minimum atomic E-state index is -4.32. The summed E-state index contributed by atoms with van der Waals surface area (Å²) in [6, 6.07) is 5.06. The van der Waals surface area contributed by atoms with Gasteiger partial charge in [0.1, 0.15) is 12.1 Å². The molecule has 1 aromatic carbocycles. The second kappa shape index (κ2) is 5.53. The second-order valence-electron chi connectivity index (χ2n) is 5.19. The van der Waals surface area contributed by atoms with Crippen LogP contribution in [0.2, 0.25) is 0 Å². The van der Waals surface area contributed by atoms with Crippen molar-refractivity contribution in [3.8, 4) is 0 Å². The van der Waals surface area contributed by atoms with Crippen molar-refractivity contribution >= 4 is 11.6 Å². The highest BCUT2D eigenvalue weighted by atomic mass is 19.4. The van der Waals surface area contributed by atoms with E-state index in [2.05, 4.69) is 20.4 Å². The van der Waals surface area contributed by atoms with Crippen molar-refractivity contribution in [1.29, 1.82) is 0 Å². The molecular weight excluding hydrogens is 307 g/mol. The largest absolute Gasteiger partial charge is 0.416 e. The Labute approximate surface area is 130 Å². The number of nitrogens with one attached hydrogen (secondary N) is 1. The molecule has 0 aliphatic heterocycles. The smallest absolute Gasteiger partial charge is 0.366 e. The average Bonchev–Trinajstić information content (AvgIpc) is 2.95. The van der Waals surface area contributed by atoms with E-state index in [1.165, 1.54) is 18.5 Å². The van der Waals surface area contributed by atoms with Gasteiger partial charge in [0, 0.05) is 17.8 Å². The zero-order valence-electron chi connectivity index (χ0n) is 12.5. The van der Waals surface area contributed by atoms with E-state index in [9.17, 15) is 13.2 Å². The summed E-state index contributed by atoms with van der Waals surface area (Å²) in [6.45, 7) is 4.14. The molecule has 0 fully saturated rings. The maximum atomic E-state index is 12.6. The molecule has 0 atom stereocenters. The Hall–Kier alpha value is -2.64. The number of hydrogen-bond acceptors (Lipinski definition) is 4. The number of rotatable bonds is 3. The van der Waals surface area contributed by atoms with Crippen LogP contribution < -0.4 is 5.32 Å². The first-order chi connectivity index (χ1) is 10.9. The summed E-state index contributed by atoms with van der Waals surface area (Å²) in [5.41, 5.74) is 1.81. The van der Waals surface area contributed by atoms with Crippen LogP contribution >= 0.6 is 0 Å². The molecule has 3 aromatic rings. The lowest BCUT2D eigenvalue weighted by atomic mass is 10.1. The van der Waals surface area contributed by atoms with Crippen molar-refractivity contribution in [2.45, 2.75) is 26.6 Å². The van der Waals surface area contributed by atoms with E-state index in [4.69, 9.17) is 0 Å². The number of aryl methyl sites for hydroxylation is 1. The number of hydrogen-bond donors (Lipinski definition) is 1. The van der Waals surface area contributed by atoms with Gasteiger partial charge in [-0.3, -0.25) is 0 Å². The average molecular weight is 321 g/mol. The highest BCUT2D eigenvalue weighted by Crippen LogP contribution is 2.29. The first kappa shape index (κ1) is 15.3. The number of alkyl halides is 3. The molecule has 120 valence electrons. The van der Waals surface area contributed by atoms with Gasteiger partial charge in [0.05, 0.1) is 5.56 Å². The van der Waals surface area contributed by atoms with Gasteiger partial charge in [-0.15, -0.1) is 0 Å². The lowest BCUT2D eigenvalue weighted by molar-refractivity contribution is -0.137. The Bertz CT molecular complexity index is 837. The summed E-state index contributed by atoms with van der Waals surface area (Å²) in [6.07, 6.45) is -2.91. The molecule has 0 unspecified atom stereocenters. The van der Waals surface area contributed by atoms with Crippen LogP contribution in [-0.2, 0) is 12.7 Å². The zero-order chi connectivity index (χ0) is 16.6. The first-order valence-corrected chi connectivity index (χ1v) is 6.93. The lowest BCUT2D eigenvalue weighted by Crippen LogP contribution is -2.10. The third kappa shape index (κ3) is 2.96. The van der Waals surface area contributed by atoms with Gasteiger partial charge in [-0.25, -0.2) is 4.98 Å². The van der Waals surface area contributed by atoms with Gasteiger partial charge < -0.3 is 5.32 Å². The van der Waals surface area contributed by atoms with E-state index in [0.29, 0.717) is 12.3 Å². The van der Waals surface area contributed by atoms with Gasteiger partial charge in [0.15, 0.2) is 0 Å². The highest BCUT2D eigenvalue weighted by Gasteiger charge is 2.29. The van der Waals surface area contributed by atoms with Crippen molar-refractivity contribution in [1.82, 2.24) is 19.6 Å². The molecule has 0 amide bonds. The molecule has 1 N–H and O–H groups in total. The summed E-state index contributed by atoms with van der Waals surface area (Å²) in [5, 5.41) is 7.31. The molecule has 0 saturated carbocycles. The number of fused-ring (bicyclic) bond motifs is 1.